The predicted molar refractivity (Wildman–Crippen MR) is 112 cm³/mol. The van der Waals surface area contributed by atoms with Crippen molar-refractivity contribution in [2.75, 3.05) is 13.2 Å². The van der Waals surface area contributed by atoms with Gasteiger partial charge in [0, 0.05) is 17.7 Å². The van der Waals surface area contributed by atoms with E-state index in [9.17, 15) is 10.1 Å². The van der Waals surface area contributed by atoms with Crippen molar-refractivity contribution in [2.24, 2.45) is 5.41 Å². The van der Waals surface area contributed by atoms with Crippen molar-refractivity contribution < 1.29 is 14.3 Å². The summed E-state index contributed by atoms with van der Waals surface area (Å²) in [7, 11) is 0. The van der Waals surface area contributed by atoms with Gasteiger partial charge >= 0.3 is 0 Å². The van der Waals surface area contributed by atoms with Crippen LogP contribution in [0.15, 0.2) is 23.2 Å². The van der Waals surface area contributed by atoms with Crippen molar-refractivity contribution >= 4 is 17.5 Å². The van der Waals surface area contributed by atoms with E-state index in [1.807, 2.05) is 25.1 Å². The van der Waals surface area contributed by atoms with Crippen LogP contribution >= 0.6 is 11.8 Å². The molecule has 0 saturated heterocycles. The van der Waals surface area contributed by atoms with Crippen LogP contribution in [0.1, 0.15) is 59.9 Å². The van der Waals surface area contributed by atoms with Crippen LogP contribution in [-0.4, -0.2) is 24.0 Å². The molecule has 0 unspecified atom stereocenters. The van der Waals surface area contributed by atoms with Crippen LogP contribution in [0, 0.1) is 16.7 Å². The SMILES string of the molecule is CCc1c(C#N)c(SCc2ccc3c(c2)OCCO3)nc2c1C(=O)CC(C)(C)C2. The second kappa shape index (κ2) is 7.72. The number of carbonyl (C=O) groups is 1. The third-order valence-electron chi connectivity index (χ3n) is 5.35. The highest BCUT2D eigenvalue weighted by molar-refractivity contribution is 7.98. The lowest BCUT2D eigenvalue weighted by molar-refractivity contribution is 0.0908. The Labute approximate surface area is 175 Å². The predicted octanol–water partition coefficient (Wildman–Crippen LogP) is 4.73. The number of ether oxygens (including phenoxy) is 2. The van der Waals surface area contributed by atoms with E-state index in [0.29, 0.717) is 48.0 Å². The van der Waals surface area contributed by atoms with Gasteiger partial charge < -0.3 is 9.47 Å². The van der Waals surface area contributed by atoms with Gasteiger partial charge in [0.2, 0.25) is 0 Å². The molecule has 0 amide bonds. The molecule has 0 spiro atoms. The van der Waals surface area contributed by atoms with Gasteiger partial charge in [-0.25, -0.2) is 4.98 Å². The third-order valence-corrected chi connectivity index (χ3v) is 6.40. The molecule has 2 aromatic rings. The Hall–Kier alpha value is -2.52. The minimum absolute atomic E-state index is 0.103. The third kappa shape index (κ3) is 3.84. The lowest BCUT2D eigenvalue weighted by atomic mass is 9.74. The van der Waals surface area contributed by atoms with Gasteiger partial charge in [-0.05, 0) is 41.5 Å². The molecule has 150 valence electrons. The smallest absolute Gasteiger partial charge is 0.165 e. The molecule has 0 N–H and O–H groups in total. The van der Waals surface area contributed by atoms with Crippen molar-refractivity contribution in [2.45, 2.75) is 50.8 Å². The first-order valence-electron chi connectivity index (χ1n) is 9.92. The molecule has 5 nitrogen and oxygen atoms in total. The van der Waals surface area contributed by atoms with E-state index in [0.717, 1.165) is 34.7 Å². The van der Waals surface area contributed by atoms with Crippen LogP contribution in [0.3, 0.4) is 0 Å². The van der Waals surface area contributed by atoms with Gasteiger partial charge in [0.1, 0.15) is 24.3 Å². The first-order chi connectivity index (χ1) is 13.9. The number of benzene rings is 1. The van der Waals surface area contributed by atoms with Crippen LogP contribution in [0.4, 0.5) is 0 Å². The number of Topliss-reactive ketones (excluding diaryl/α,β-unsaturated/α-hetero) is 1. The fourth-order valence-corrected chi connectivity index (χ4v) is 5.03. The first-order valence-corrected chi connectivity index (χ1v) is 10.9. The zero-order valence-corrected chi connectivity index (χ0v) is 17.8. The molecule has 0 atom stereocenters. The Kier molecular flexibility index (Phi) is 5.26. The maximum Gasteiger partial charge on any atom is 0.165 e. The van der Waals surface area contributed by atoms with Crippen molar-refractivity contribution in [3.05, 3.63) is 46.1 Å². The number of nitriles is 1. The van der Waals surface area contributed by atoms with E-state index < -0.39 is 0 Å². The molecule has 0 radical (unpaired) electrons. The summed E-state index contributed by atoms with van der Waals surface area (Å²) in [5.41, 5.74) is 3.90. The summed E-state index contributed by atoms with van der Waals surface area (Å²) >= 11 is 1.54. The molecular weight excluding hydrogens is 384 g/mol. The Morgan fingerprint density at radius 2 is 1.97 bits per heavy atom. The normalized spacial score (nSPS) is 16.8. The van der Waals surface area contributed by atoms with Crippen molar-refractivity contribution in [3.8, 4) is 17.6 Å². The number of hydrogen-bond acceptors (Lipinski definition) is 6. The van der Waals surface area contributed by atoms with Crippen molar-refractivity contribution in [1.82, 2.24) is 4.98 Å². The van der Waals surface area contributed by atoms with E-state index in [-0.39, 0.29) is 11.2 Å². The molecular formula is C23H24N2O3S. The molecule has 0 fully saturated rings. The Morgan fingerprint density at radius 3 is 2.69 bits per heavy atom. The molecule has 4 rings (SSSR count). The van der Waals surface area contributed by atoms with E-state index in [4.69, 9.17) is 14.5 Å². The number of hydrogen-bond donors (Lipinski definition) is 0. The van der Waals surface area contributed by atoms with Gasteiger partial charge in [-0.3, -0.25) is 4.79 Å². The zero-order chi connectivity index (χ0) is 20.6. The van der Waals surface area contributed by atoms with Gasteiger partial charge in [-0.15, -0.1) is 11.8 Å². The molecule has 0 bridgehead atoms. The minimum Gasteiger partial charge on any atom is -0.486 e. The molecule has 2 aliphatic rings. The quantitative estimate of drug-likeness (QED) is 0.681. The van der Waals surface area contributed by atoms with Crippen LogP contribution in [-0.2, 0) is 18.6 Å². The van der Waals surface area contributed by atoms with Gasteiger partial charge in [0.25, 0.3) is 0 Å². The molecule has 2 heterocycles. The van der Waals surface area contributed by atoms with Crippen molar-refractivity contribution in [3.63, 3.8) is 0 Å². The monoisotopic (exact) mass is 408 g/mol. The number of ketones is 1. The number of thioether (sulfide) groups is 1. The van der Waals surface area contributed by atoms with Gasteiger partial charge in [0.05, 0.1) is 11.3 Å². The molecule has 29 heavy (non-hydrogen) atoms. The van der Waals surface area contributed by atoms with E-state index in [1.54, 1.807) is 0 Å². The fraction of sp³-hybridized carbons (Fsp3) is 0.435. The standard InChI is InChI=1S/C23H24N2O3S/c1-4-15-16(12-24)22(25-17-10-23(2,3)11-18(26)21(15)17)29-13-14-5-6-19-20(9-14)28-8-7-27-19/h5-6,9H,4,7-8,10-11,13H2,1-3H3. The highest BCUT2D eigenvalue weighted by Crippen LogP contribution is 2.39. The lowest BCUT2D eigenvalue weighted by Gasteiger charge is -2.31. The summed E-state index contributed by atoms with van der Waals surface area (Å²) in [5, 5.41) is 10.5. The van der Waals surface area contributed by atoms with E-state index >= 15 is 0 Å². The van der Waals surface area contributed by atoms with Crippen LogP contribution in [0.25, 0.3) is 0 Å². The Morgan fingerprint density at radius 1 is 1.21 bits per heavy atom. The number of aromatic nitrogens is 1. The molecule has 1 aliphatic heterocycles. The summed E-state index contributed by atoms with van der Waals surface area (Å²) in [6, 6.07) is 8.24. The summed E-state index contributed by atoms with van der Waals surface area (Å²) in [6.45, 7) is 7.32. The number of carbonyl (C=O) groups excluding carboxylic acids is 1. The molecule has 1 aromatic heterocycles. The average Bonchev–Trinajstić information content (AvgIpc) is 2.69. The number of pyridine rings is 1. The largest absolute Gasteiger partial charge is 0.486 e. The number of rotatable bonds is 4. The Bertz CT molecular complexity index is 1020. The van der Waals surface area contributed by atoms with E-state index in [1.165, 1.54) is 11.8 Å². The number of nitrogens with zero attached hydrogens (tertiary/aromatic N) is 2. The maximum atomic E-state index is 12.8. The maximum absolute atomic E-state index is 12.8. The first kappa shape index (κ1) is 19.8. The van der Waals surface area contributed by atoms with Crippen LogP contribution in [0.5, 0.6) is 11.5 Å². The minimum atomic E-state index is -0.103. The van der Waals surface area contributed by atoms with E-state index in [2.05, 4.69) is 19.9 Å². The molecule has 0 saturated carbocycles. The zero-order valence-electron chi connectivity index (χ0n) is 17.0. The highest BCUT2D eigenvalue weighted by atomic mass is 32.2. The second-order valence-electron chi connectivity index (χ2n) is 8.27. The van der Waals surface area contributed by atoms with Gasteiger partial charge in [0.15, 0.2) is 17.3 Å². The van der Waals surface area contributed by atoms with Crippen molar-refractivity contribution in [1.29, 1.82) is 5.26 Å². The Balaban J connectivity index is 1.67. The van der Waals surface area contributed by atoms with Gasteiger partial charge in [-0.2, -0.15) is 5.26 Å². The second-order valence-corrected chi connectivity index (χ2v) is 9.23. The lowest BCUT2D eigenvalue weighted by Crippen LogP contribution is -2.29. The van der Waals surface area contributed by atoms with Crippen LogP contribution in [0.2, 0.25) is 0 Å². The average molecular weight is 409 g/mol. The molecule has 6 heteroatoms. The molecule has 1 aliphatic carbocycles. The van der Waals surface area contributed by atoms with Crippen LogP contribution < -0.4 is 9.47 Å². The summed E-state index contributed by atoms with van der Waals surface area (Å²) in [6.07, 6.45) is 1.91. The summed E-state index contributed by atoms with van der Waals surface area (Å²) in [5.74, 6) is 2.30. The van der Waals surface area contributed by atoms with Gasteiger partial charge in [-0.1, -0.05) is 26.8 Å². The summed E-state index contributed by atoms with van der Waals surface area (Å²) < 4.78 is 11.2. The molecule has 1 aromatic carbocycles. The fourth-order valence-electron chi connectivity index (χ4n) is 4.06. The number of fused-ring (bicyclic) bond motifs is 2. The summed E-state index contributed by atoms with van der Waals surface area (Å²) in [4.78, 5) is 17.6. The topological polar surface area (TPSA) is 72.2 Å². The highest BCUT2D eigenvalue weighted by Gasteiger charge is 2.35.